The van der Waals surface area contributed by atoms with Gasteiger partial charge in [-0.15, -0.1) is 0 Å². The quantitative estimate of drug-likeness (QED) is 0.650. The lowest BCUT2D eigenvalue weighted by atomic mass is 9.90. The summed E-state index contributed by atoms with van der Waals surface area (Å²) >= 11 is 0. The van der Waals surface area contributed by atoms with Crippen molar-refractivity contribution in [1.82, 2.24) is 4.98 Å². The molecule has 7 heteroatoms. The number of hydrogen-bond acceptors (Lipinski definition) is 7. The highest BCUT2D eigenvalue weighted by atomic mass is 16.6. The van der Waals surface area contributed by atoms with Crippen molar-refractivity contribution in [3.63, 3.8) is 0 Å². The van der Waals surface area contributed by atoms with Gasteiger partial charge < -0.3 is 9.47 Å². The lowest BCUT2D eigenvalue weighted by molar-refractivity contribution is -0.162. The molecule has 2 aromatic rings. The SMILES string of the molecule is COc1cccc([C@](C#N)(C(=O)OC(C)(C)C)N(O)c2ccccn2)c1. The molecule has 0 aliphatic heterocycles. The zero-order valence-corrected chi connectivity index (χ0v) is 15.1. The van der Waals surface area contributed by atoms with Gasteiger partial charge in [-0.25, -0.2) is 14.8 Å². The van der Waals surface area contributed by atoms with Crippen LogP contribution in [0.3, 0.4) is 0 Å². The Hall–Kier alpha value is -3.11. The molecule has 1 atom stereocenters. The second-order valence-electron chi connectivity index (χ2n) is 6.56. The predicted molar refractivity (Wildman–Crippen MR) is 94.6 cm³/mol. The van der Waals surface area contributed by atoms with Gasteiger partial charge in [0.15, 0.2) is 5.82 Å². The summed E-state index contributed by atoms with van der Waals surface area (Å²) in [5.74, 6) is -0.461. The van der Waals surface area contributed by atoms with E-state index in [0.717, 1.165) is 0 Å². The molecule has 1 aromatic carbocycles. The Morgan fingerprint density at radius 3 is 2.50 bits per heavy atom. The van der Waals surface area contributed by atoms with E-state index in [9.17, 15) is 15.3 Å². The van der Waals surface area contributed by atoms with Crippen LogP contribution in [0.25, 0.3) is 0 Å². The van der Waals surface area contributed by atoms with Gasteiger partial charge in [0.2, 0.25) is 0 Å². The first-order valence-electron chi connectivity index (χ1n) is 7.94. The van der Waals surface area contributed by atoms with E-state index in [4.69, 9.17) is 9.47 Å². The fraction of sp³-hybridized carbons (Fsp3) is 0.316. The Balaban J connectivity index is 2.66. The van der Waals surface area contributed by atoms with Crippen LogP contribution in [0.5, 0.6) is 5.75 Å². The number of carbonyl (C=O) groups is 1. The Kier molecular flexibility index (Phi) is 5.48. The first kappa shape index (κ1) is 19.2. The molecule has 2 rings (SSSR count). The first-order valence-corrected chi connectivity index (χ1v) is 7.94. The number of hydrogen-bond donors (Lipinski definition) is 1. The molecular formula is C19H21N3O4. The van der Waals surface area contributed by atoms with Gasteiger partial charge >= 0.3 is 5.97 Å². The van der Waals surface area contributed by atoms with Crippen LogP contribution >= 0.6 is 0 Å². The zero-order valence-electron chi connectivity index (χ0n) is 15.1. The number of esters is 1. The highest BCUT2D eigenvalue weighted by Crippen LogP contribution is 2.34. The predicted octanol–water partition coefficient (Wildman–Crippen LogP) is 3.05. The summed E-state index contributed by atoms with van der Waals surface area (Å²) in [4.78, 5) is 17.0. The maximum absolute atomic E-state index is 13.0. The Morgan fingerprint density at radius 2 is 1.96 bits per heavy atom. The molecule has 0 spiro atoms. The number of anilines is 1. The van der Waals surface area contributed by atoms with Crippen molar-refractivity contribution in [2.75, 3.05) is 12.2 Å². The standard InChI is InChI=1S/C19H21N3O4/c1-18(2,3)26-17(23)19(13-20,14-8-7-9-15(12-14)25-4)22(24)16-10-5-6-11-21-16/h5-12,24H,1-4H3/t19-/m1/s1. The third kappa shape index (κ3) is 3.76. The van der Waals surface area contributed by atoms with E-state index in [2.05, 4.69) is 4.98 Å². The third-order valence-corrected chi connectivity index (χ3v) is 3.53. The minimum absolute atomic E-state index is 0.0303. The van der Waals surface area contributed by atoms with Crippen molar-refractivity contribution in [2.24, 2.45) is 0 Å². The van der Waals surface area contributed by atoms with Gasteiger partial charge in [-0.2, -0.15) is 5.26 Å². The minimum Gasteiger partial charge on any atom is -0.497 e. The molecule has 0 bridgehead atoms. The highest BCUT2D eigenvalue weighted by Gasteiger charge is 2.50. The van der Waals surface area contributed by atoms with E-state index in [1.54, 1.807) is 51.1 Å². The number of benzene rings is 1. The summed E-state index contributed by atoms with van der Waals surface area (Å²) in [6.07, 6.45) is 1.45. The van der Waals surface area contributed by atoms with Gasteiger partial charge in [0.1, 0.15) is 17.4 Å². The van der Waals surface area contributed by atoms with Crippen molar-refractivity contribution in [3.8, 4) is 11.8 Å². The van der Waals surface area contributed by atoms with Crippen LogP contribution in [0.2, 0.25) is 0 Å². The summed E-state index contributed by atoms with van der Waals surface area (Å²) in [6, 6.07) is 13.0. The Morgan fingerprint density at radius 1 is 1.23 bits per heavy atom. The van der Waals surface area contributed by atoms with Gasteiger partial charge in [-0.1, -0.05) is 18.2 Å². The van der Waals surface area contributed by atoms with E-state index < -0.39 is 17.1 Å². The van der Waals surface area contributed by atoms with Crippen LogP contribution in [0.1, 0.15) is 26.3 Å². The molecule has 0 amide bonds. The molecule has 0 aliphatic carbocycles. The van der Waals surface area contributed by atoms with Crippen LogP contribution < -0.4 is 9.80 Å². The summed E-state index contributed by atoms with van der Waals surface area (Å²) in [7, 11) is 1.47. The fourth-order valence-corrected chi connectivity index (χ4v) is 2.34. The average Bonchev–Trinajstić information content (AvgIpc) is 2.62. The monoisotopic (exact) mass is 355 g/mol. The normalized spacial score (nSPS) is 13.2. The topological polar surface area (TPSA) is 95.7 Å². The number of methoxy groups -OCH3 is 1. The van der Waals surface area contributed by atoms with Crippen molar-refractivity contribution in [3.05, 3.63) is 54.2 Å². The van der Waals surface area contributed by atoms with Crippen molar-refractivity contribution >= 4 is 11.8 Å². The average molecular weight is 355 g/mol. The zero-order chi connectivity index (χ0) is 19.4. The molecule has 26 heavy (non-hydrogen) atoms. The molecule has 7 nitrogen and oxygen atoms in total. The summed E-state index contributed by atoms with van der Waals surface area (Å²) in [6.45, 7) is 5.04. The highest BCUT2D eigenvalue weighted by molar-refractivity contribution is 5.90. The number of rotatable bonds is 5. The molecule has 0 radical (unpaired) electrons. The molecule has 136 valence electrons. The Labute approximate surface area is 152 Å². The largest absolute Gasteiger partial charge is 0.497 e. The van der Waals surface area contributed by atoms with Crippen LogP contribution in [-0.2, 0) is 15.1 Å². The van der Waals surface area contributed by atoms with E-state index in [1.165, 1.54) is 25.4 Å². The second kappa shape index (κ2) is 7.42. The number of nitrogens with zero attached hydrogens (tertiary/aromatic N) is 3. The number of pyridine rings is 1. The van der Waals surface area contributed by atoms with Gasteiger partial charge in [-0.3, -0.25) is 5.21 Å². The van der Waals surface area contributed by atoms with Crippen LogP contribution in [0, 0.1) is 11.3 Å². The summed E-state index contributed by atoms with van der Waals surface area (Å²) in [5, 5.41) is 21.3. The molecule has 0 saturated carbocycles. The lowest BCUT2D eigenvalue weighted by Crippen LogP contribution is -2.52. The van der Waals surface area contributed by atoms with E-state index in [1.807, 2.05) is 6.07 Å². The van der Waals surface area contributed by atoms with Gasteiger partial charge in [0.25, 0.3) is 5.54 Å². The maximum atomic E-state index is 13.0. The minimum atomic E-state index is -2.16. The van der Waals surface area contributed by atoms with Gasteiger partial charge in [-0.05, 0) is 45.0 Å². The van der Waals surface area contributed by atoms with E-state index in [0.29, 0.717) is 10.8 Å². The number of carbonyl (C=O) groups excluding carboxylic acids is 1. The number of aromatic nitrogens is 1. The van der Waals surface area contributed by atoms with Crippen LogP contribution in [0.15, 0.2) is 48.7 Å². The fourth-order valence-electron chi connectivity index (χ4n) is 2.34. The van der Waals surface area contributed by atoms with Crippen molar-refractivity contribution in [1.29, 1.82) is 5.26 Å². The molecule has 0 fully saturated rings. The van der Waals surface area contributed by atoms with Crippen molar-refractivity contribution in [2.45, 2.75) is 31.9 Å². The van der Waals surface area contributed by atoms with Gasteiger partial charge in [0.05, 0.1) is 7.11 Å². The molecule has 0 aliphatic rings. The smallest absolute Gasteiger partial charge is 0.354 e. The number of nitriles is 1. The summed E-state index contributed by atoms with van der Waals surface area (Å²) in [5.41, 5.74) is -2.82. The van der Waals surface area contributed by atoms with Crippen LogP contribution in [0.4, 0.5) is 5.82 Å². The molecular weight excluding hydrogens is 334 g/mol. The molecule has 1 aromatic heterocycles. The summed E-state index contributed by atoms with van der Waals surface area (Å²) < 4.78 is 10.6. The molecule has 0 saturated heterocycles. The molecule has 1 N–H and O–H groups in total. The van der Waals surface area contributed by atoms with Gasteiger partial charge in [0, 0.05) is 11.8 Å². The van der Waals surface area contributed by atoms with E-state index >= 15 is 0 Å². The van der Waals surface area contributed by atoms with Crippen molar-refractivity contribution < 1.29 is 19.5 Å². The second-order valence-corrected chi connectivity index (χ2v) is 6.56. The number of hydroxylamine groups is 1. The maximum Gasteiger partial charge on any atom is 0.354 e. The molecule has 1 heterocycles. The first-order chi connectivity index (χ1) is 12.2. The van der Waals surface area contributed by atoms with E-state index in [-0.39, 0.29) is 11.4 Å². The lowest BCUT2D eigenvalue weighted by Gasteiger charge is -2.35. The molecule has 0 unspecified atom stereocenters. The van der Waals surface area contributed by atoms with Crippen LogP contribution in [-0.4, -0.2) is 28.9 Å². The number of ether oxygens (including phenoxy) is 2. The third-order valence-electron chi connectivity index (χ3n) is 3.53. The Bertz CT molecular complexity index is 812.